The highest BCUT2D eigenvalue weighted by atomic mass is 16.3. The van der Waals surface area contributed by atoms with Crippen LogP contribution >= 0.6 is 0 Å². The summed E-state index contributed by atoms with van der Waals surface area (Å²) >= 11 is 0. The van der Waals surface area contributed by atoms with Gasteiger partial charge in [-0.2, -0.15) is 0 Å². The maximum absolute atomic E-state index is 9.07. The molecule has 1 fully saturated rings. The number of nitrogens with zero attached hydrogens (tertiary/aromatic N) is 4. The van der Waals surface area contributed by atoms with Gasteiger partial charge < -0.3 is 5.11 Å². The van der Waals surface area contributed by atoms with Crippen molar-refractivity contribution in [2.24, 2.45) is 5.41 Å². The van der Waals surface area contributed by atoms with Crippen molar-refractivity contribution in [1.29, 1.82) is 0 Å². The fraction of sp³-hybridized carbons (Fsp3) is 0.875. The molecule has 72 valence electrons. The third-order valence-corrected chi connectivity index (χ3v) is 2.78. The van der Waals surface area contributed by atoms with Gasteiger partial charge in [0.2, 0.25) is 0 Å². The van der Waals surface area contributed by atoms with E-state index in [9.17, 15) is 0 Å². The summed E-state index contributed by atoms with van der Waals surface area (Å²) in [5.41, 5.74) is 0.258. The van der Waals surface area contributed by atoms with Crippen molar-refractivity contribution in [2.75, 3.05) is 6.61 Å². The average Bonchev–Trinajstić information content (AvgIpc) is 2.74. The zero-order valence-electron chi connectivity index (χ0n) is 7.56. The SMILES string of the molecule is OCC1(CCCn2cnnn2)CC1. The molecule has 1 aliphatic carbocycles. The topological polar surface area (TPSA) is 63.8 Å². The van der Waals surface area contributed by atoms with Gasteiger partial charge in [0.05, 0.1) is 0 Å². The van der Waals surface area contributed by atoms with Gasteiger partial charge >= 0.3 is 0 Å². The summed E-state index contributed by atoms with van der Waals surface area (Å²) in [6, 6.07) is 0. The second kappa shape index (κ2) is 3.41. The Labute approximate surface area is 76.8 Å². The van der Waals surface area contributed by atoms with Crippen LogP contribution in [-0.4, -0.2) is 31.9 Å². The molecule has 0 spiro atoms. The fourth-order valence-electron chi connectivity index (χ4n) is 1.56. The van der Waals surface area contributed by atoms with E-state index < -0.39 is 0 Å². The second-order valence-corrected chi connectivity index (χ2v) is 3.83. The summed E-state index contributed by atoms with van der Waals surface area (Å²) in [5.74, 6) is 0. The first-order valence-electron chi connectivity index (χ1n) is 4.66. The zero-order chi connectivity index (χ0) is 9.15. The maximum atomic E-state index is 9.07. The molecule has 0 aliphatic heterocycles. The smallest absolute Gasteiger partial charge is 0.138 e. The number of aliphatic hydroxyl groups excluding tert-OH is 1. The van der Waals surface area contributed by atoms with Crippen LogP contribution in [0.5, 0.6) is 0 Å². The van der Waals surface area contributed by atoms with Crippen molar-refractivity contribution >= 4 is 0 Å². The molecule has 5 heteroatoms. The normalized spacial score (nSPS) is 18.8. The third kappa shape index (κ3) is 2.03. The Morgan fingerprint density at radius 3 is 2.85 bits per heavy atom. The first-order valence-corrected chi connectivity index (χ1v) is 4.66. The van der Waals surface area contributed by atoms with E-state index >= 15 is 0 Å². The first kappa shape index (κ1) is 8.62. The number of hydrogen-bond acceptors (Lipinski definition) is 4. The van der Waals surface area contributed by atoms with Gasteiger partial charge in [-0.25, -0.2) is 4.68 Å². The molecule has 1 heterocycles. The highest BCUT2D eigenvalue weighted by molar-refractivity contribution is 4.91. The van der Waals surface area contributed by atoms with Crippen LogP contribution in [0.25, 0.3) is 0 Å². The molecule has 0 atom stereocenters. The van der Waals surface area contributed by atoms with Crippen LogP contribution < -0.4 is 0 Å². The molecule has 5 nitrogen and oxygen atoms in total. The predicted octanol–water partition coefficient (Wildman–Crippen LogP) is 0.226. The highest BCUT2D eigenvalue weighted by Crippen LogP contribution is 2.48. The van der Waals surface area contributed by atoms with Gasteiger partial charge in [0.25, 0.3) is 0 Å². The Kier molecular flexibility index (Phi) is 2.26. The molecule has 0 unspecified atom stereocenters. The fourth-order valence-corrected chi connectivity index (χ4v) is 1.56. The lowest BCUT2D eigenvalue weighted by Gasteiger charge is -2.09. The van der Waals surface area contributed by atoms with E-state index in [-0.39, 0.29) is 5.41 Å². The van der Waals surface area contributed by atoms with Crippen LogP contribution in [0, 0.1) is 5.41 Å². The summed E-state index contributed by atoms with van der Waals surface area (Å²) < 4.78 is 1.73. The molecular weight excluding hydrogens is 168 g/mol. The van der Waals surface area contributed by atoms with Gasteiger partial charge in [-0.1, -0.05) is 0 Å². The Hall–Kier alpha value is -0.970. The molecule has 0 saturated heterocycles. The second-order valence-electron chi connectivity index (χ2n) is 3.83. The van der Waals surface area contributed by atoms with Crippen LogP contribution in [0.1, 0.15) is 25.7 Å². The molecule has 1 N–H and O–H groups in total. The van der Waals surface area contributed by atoms with Gasteiger partial charge in [-0.05, 0) is 41.5 Å². The van der Waals surface area contributed by atoms with E-state index in [0.29, 0.717) is 6.61 Å². The predicted molar refractivity (Wildman–Crippen MR) is 45.8 cm³/mol. The van der Waals surface area contributed by atoms with Crippen molar-refractivity contribution < 1.29 is 5.11 Å². The van der Waals surface area contributed by atoms with Crippen LogP contribution in [-0.2, 0) is 6.54 Å². The summed E-state index contributed by atoms with van der Waals surface area (Å²) in [5, 5.41) is 20.0. The average molecular weight is 182 g/mol. The number of aryl methyl sites for hydroxylation is 1. The van der Waals surface area contributed by atoms with Crippen molar-refractivity contribution in [3.63, 3.8) is 0 Å². The zero-order valence-corrected chi connectivity index (χ0v) is 7.56. The molecule has 2 rings (SSSR count). The van der Waals surface area contributed by atoms with Crippen LogP contribution in [0.3, 0.4) is 0 Å². The number of hydrogen-bond donors (Lipinski definition) is 1. The number of aromatic nitrogens is 4. The minimum Gasteiger partial charge on any atom is -0.396 e. The van der Waals surface area contributed by atoms with E-state index in [2.05, 4.69) is 15.5 Å². The molecule has 1 aliphatic rings. The summed E-state index contributed by atoms with van der Waals surface area (Å²) in [4.78, 5) is 0. The van der Waals surface area contributed by atoms with Gasteiger partial charge in [-0.15, -0.1) is 5.10 Å². The van der Waals surface area contributed by atoms with Crippen molar-refractivity contribution in [1.82, 2.24) is 20.2 Å². The van der Waals surface area contributed by atoms with Crippen LogP contribution in [0.4, 0.5) is 0 Å². The molecule has 1 aromatic rings. The minimum absolute atomic E-state index is 0.258. The number of aliphatic hydroxyl groups is 1. The van der Waals surface area contributed by atoms with E-state index in [4.69, 9.17) is 5.11 Å². The van der Waals surface area contributed by atoms with E-state index in [0.717, 1.165) is 19.4 Å². The lowest BCUT2D eigenvalue weighted by Crippen LogP contribution is -2.08. The number of tetrazole rings is 1. The van der Waals surface area contributed by atoms with Gasteiger partial charge in [0, 0.05) is 13.2 Å². The first-order chi connectivity index (χ1) is 6.35. The standard InChI is InChI=1S/C8H14N4O/c13-6-8(3-4-8)2-1-5-12-7-9-10-11-12/h7,13H,1-6H2. The molecule has 0 radical (unpaired) electrons. The Morgan fingerprint density at radius 2 is 2.31 bits per heavy atom. The summed E-state index contributed by atoms with van der Waals surface area (Å²) in [6.45, 7) is 1.19. The van der Waals surface area contributed by atoms with Crippen molar-refractivity contribution in [3.05, 3.63) is 6.33 Å². The molecule has 0 bridgehead atoms. The van der Waals surface area contributed by atoms with Crippen molar-refractivity contribution in [3.8, 4) is 0 Å². The quantitative estimate of drug-likeness (QED) is 0.707. The van der Waals surface area contributed by atoms with E-state index in [1.807, 2.05) is 0 Å². The van der Waals surface area contributed by atoms with Crippen LogP contribution in [0.2, 0.25) is 0 Å². The van der Waals surface area contributed by atoms with Gasteiger partial charge in [0.1, 0.15) is 6.33 Å². The summed E-state index contributed by atoms with van der Waals surface area (Å²) in [6.07, 6.45) is 6.12. The van der Waals surface area contributed by atoms with E-state index in [1.165, 1.54) is 12.8 Å². The molecular formula is C8H14N4O. The lowest BCUT2D eigenvalue weighted by atomic mass is 10.0. The van der Waals surface area contributed by atoms with Gasteiger partial charge in [0.15, 0.2) is 0 Å². The highest BCUT2D eigenvalue weighted by Gasteiger charge is 2.40. The Balaban J connectivity index is 1.70. The molecule has 13 heavy (non-hydrogen) atoms. The van der Waals surface area contributed by atoms with Gasteiger partial charge in [-0.3, -0.25) is 0 Å². The molecule has 1 aromatic heterocycles. The molecule has 1 saturated carbocycles. The molecule has 0 amide bonds. The van der Waals surface area contributed by atoms with E-state index in [1.54, 1.807) is 11.0 Å². The Bertz CT molecular complexity index is 255. The minimum atomic E-state index is 0.258. The number of rotatable bonds is 5. The third-order valence-electron chi connectivity index (χ3n) is 2.78. The van der Waals surface area contributed by atoms with Crippen molar-refractivity contribution in [2.45, 2.75) is 32.2 Å². The molecule has 0 aromatic carbocycles. The maximum Gasteiger partial charge on any atom is 0.138 e. The summed E-state index contributed by atoms with van der Waals surface area (Å²) in [7, 11) is 0. The van der Waals surface area contributed by atoms with Crippen LogP contribution in [0.15, 0.2) is 6.33 Å². The monoisotopic (exact) mass is 182 g/mol. The Morgan fingerprint density at radius 1 is 1.46 bits per heavy atom. The lowest BCUT2D eigenvalue weighted by molar-refractivity contribution is 0.198. The largest absolute Gasteiger partial charge is 0.396 e.